The number of nitrogens with one attached hydrogen (secondary N) is 1. The molecule has 1 amide bonds. The third-order valence-corrected chi connectivity index (χ3v) is 13.5. The van der Waals surface area contributed by atoms with Gasteiger partial charge in [-0.2, -0.15) is 26.3 Å². The molecule has 2 radical (unpaired) electrons. The van der Waals surface area contributed by atoms with Gasteiger partial charge in [-0.25, -0.2) is 50.8 Å². The predicted octanol–water partition coefficient (Wildman–Crippen LogP) is 8.62. The first kappa shape index (κ1) is 59.4. The van der Waals surface area contributed by atoms with E-state index in [1.54, 1.807) is 24.3 Å². The summed E-state index contributed by atoms with van der Waals surface area (Å²) < 4.78 is 150. The van der Waals surface area contributed by atoms with Gasteiger partial charge in [0.15, 0.2) is 11.6 Å². The number of carbonyl (C=O) groups is 2. The number of pyridine rings is 2. The Morgan fingerprint density at radius 2 is 1.12 bits per heavy atom. The van der Waals surface area contributed by atoms with Crippen LogP contribution in [-0.2, 0) is 20.0 Å². The molecule has 4 aromatic heterocycles. The van der Waals surface area contributed by atoms with Gasteiger partial charge in [0, 0.05) is 65.4 Å². The number of rotatable bonds is 15. The van der Waals surface area contributed by atoms with E-state index < -0.39 is 55.1 Å². The number of primary sulfonamides is 1. The van der Waals surface area contributed by atoms with Gasteiger partial charge >= 0.3 is 18.3 Å². The average molecular weight is 1440 g/mol. The number of carbonyl (C=O) groups excluding carboxylic acids is 1. The second-order valence-corrected chi connectivity index (χ2v) is 19.3. The SMILES string of the molecule is NS(=O)(=O)c1ccccc1.O=C(NS(=O)(=O)c1ccccc1)c1ccc(-n2ccc(OCCC3(C(F)(F)F)CC3)n2)nc1Cl.O=C(O)c1ccc(-n2ccc(OCCC3(C(F)(F)F)CC3)n2)nc1Cl.[2H]CI.[2H][B].[U]. The molecule has 6 aromatic rings. The molecule has 17 nitrogen and oxygen atoms in total. The maximum Gasteiger partial charge on any atom is 0.394 e. The zero-order valence-corrected chi connectivity index (χ0v) is 47.0. The van der Waals surface area contributed by atoms with Crippen LogP contribution in [0.15, 0.2) is 119 Å². The fourth-order valence-corrected chi connectivity index (χ4v) is 8.25. The number of alkyl halides is 7. The first-order chi connectivity index (χ1) is 34.7. The van der Waals surface area contributed by atoms with Crippen LogP contribution >= 0.6 is 45.8 Å². The van der Waals surface area contributed by atoms with Crippen LogP contribution < -0.4 is 19.3 Å². The molecule has 2 saturated carbocycles. The molecule has 0 bridgehead atoms. The molecule has 0 spiro atoms. The summed E-state index contributed by atoms with van der Waals surface area (Å²) in [5.74, 6) is -1.46. The van der Waals surface area contributed by atoms with Crippen molar-refractivity contribution < 1.29 is 99.8 Å². The number of benzene rings is 2. The monoisotopic (exact) mass is 1440 g/mol. The fourth-order valence-electron chi connectivity index (χ4n) is 6.26. The number of amides is 1. The van der Waals surface area contributed by atoms with E-state index in [2.05, 4.69) is 28.5 Å². The van der Waals surface area contributed by atoms with Crippen LogP contribution in [0.5, 0.6) is 11.8 Å². The van der Waals surface area contributed by atoms with Gasteiger partial charge in [0.25, 0.3) is 15.9 Å². The number of hydrogen-bond acceptors (Lipinski definition) is 12. The van der Waals surface area contributed by atoms with E-state index >= 15 is 0 Å². The second kappa shape index (κ2) is 26.4. The normalized spacial score (nSPS) is 14.3. The predicted molar refractivity (Wildman–Crippen MR) is 261 cm³/mol. The maximum absolute atomic E-state index is 13.0. The maximum atomic E-state index is 13.0. The minimum absolute atomic E-state index is 0. The molecule has 0 aliphatic heterocycles. The number of halogens is 9. The van der Waals surface area contributed by atoms with E-state index in [0.29, 0.717) is 4.91 Å². The minimum atomic E-state index is -4.25. The fraction of sp³-hybridized carbons (Fsp3) is 0.302. The van der Waals surface area contributed by atoms with Crippen molar-refractivity contribution in [3.8, 4) is 23.4 Å². The van der Waals surface area contributed by atoms with Crippen molar-refractivity contribution in [1.82, 2.24) is 34.3 Å². The van der Waals surface area contributed by atoms with Gasteiger partial charge < -0.3 is 14.6 Å². The van der Waals surface area contributed by atoms with E-state index in [1.807, 2.05) is 27.3 Å². The number of carboxylic acids is 1. The summed E-state index contributed by atoms with van der Waals surface area (Å²) in [6.07, 6.45) is -5.29. The molecule has 2 fully saturated rings. The van der Waals surface area contributed by atoms with E-state index in [-0.39, 0.29) is 137 Å². The smallest absolute Gasteiger partial charge is 0.394 e. The Hall–Kier alpha value is -4.43. The molecule has 73 heavy (non-hydrogen) atoms. The molecule has 0 saturated heterocycles. The largest absolute Gasteiger partial charge is 0.478 e. The summed E-state index contributed by atoms with van der Waals surface area (Å²) in [6.45, 7) is -0.234. The van der Waals surface area contributed by atoms with E-state index in [1.165, 1.54) is 94.6 Å². The molecule has 4 N–H and O–H groups in total. The molecule has 0 atom stereocenters. The molecule has 2 aliphatic rings. The summed E-state index contributed by atoms with van der Waals surface area (Å²) in [7, 11) is -3.85. The number of ether oxygens (including phenoxy) is 2. The second-order valence-electron chi connectivity index (χ2n) is 15.4. The number of hydrogen-bond donors (Lipinski definition) is 3. The van der Waals surface area contributed by atoms with Crippen LogP contribution in [0.3, 0.4) is 0 Å². The Labute approximate surface area is 466 Å². The summed E-state index contributed by atoms with van der Waals surface area (Å²) in [5, 5.41) is 21.4. The van der Waals surface area contributed by atoms with Crippen molar-refractivity contribution in [3.63, 3.8) is 0 Å². The number of nitrogens with two attached hydrogens (primary N) is 1. The van der Waals surface area contributed by atoms with Crippen LogP contribution in [0, 0.1) is 41.9 Å². The van der Waals surface area contributed by atoms with E-state index in [9.17, 15) is 52.8 Å². The summed E-state index contributed by atoms with van der Waals surface area (Å²) >= 11 is 13.8. The van der Waals surface area contributed by atoms with Crippen molar-refractivity contribution in [2.75, 3.05) is 18.1 Å². The third kappa shape index (κ3) is 17.0. The molecule has 30 heteroatoms. The molecular weight excluding hydrogens is 1400 g/mol. The summed E-state index contributed by atoms with van der Waals surface area (Å²) in [4.78, 5) is 31.8. The Bertz CT molecular complexity index is 3060. The Balaban J connectivity index is 0.000000315. The molecule has 2 aromatic carbocycles. The van der Waals surface area contributed by atoms with Gasteiger partial charge in [-0.15, -0.1) is 10.2 Å². The zero-order valence-electron chi connectivity index (χ0n) is 39.5. The number of carboxylic acid groups (broad SMARTS) is 1. The van der Waals surface area contributed by atoms with Gasteiger partial charge in [-0.3, -0.25) is 4.79 Å². The number of nitrogens with zero attached hydrogens (tertiary/aromatic N) is 6. The number of sulfonamides is 2. The van der Waals surface area contributed by atoms with Crippen molar-refractivity contribution in [3.05, 3.63) is 131 Å². The number of aromatic nitrogens is 6. The van der Waals surface area contributed by atoms with Gasteiger partial charge in [0.2, 0.25) is 21.8 Å². The average Bonchev–Trinajstić information content (AvgIpc) is 4.22. The van der Waals surface area contributed by atoms with Crippen LogP contribution in [0.2, 0.25) is 10.3 Å². The summed E-state index contributed by atoms with van der Waals surface area (Å²) in [5.41, 5.74) is -3.59. The number of aromatic carboxylic acids is 1. The first-order valence-electron chi connectivity index (χ1n) is 21.7. The molecule has 2 aliphatic carbocycles. The van der Waals surface area contributed by atoms with E-state index in [0.717, 1.165) is 0 Å². The van der Waals surface area contributed by atoms with Crippen LogP contribution in [0.25, 0.3) is 11.6 Å². The molecule has 4 heterocycles. The quantitative estimate of drug-likeness (QED) is 0.0287. The Morgan fingerprint density at radius 3 is 1.45 bits per heavy atom. The van der Waals surface area contributed by atoms with Gasteiger partial charge in [0.05, 0.1) is 45.0 Å². The summed E-state index contributed by atoms with van der Waals surface area (Å²) in [6, 6.07) is 23.5. The van der Waals surface area contributed by atoms with Gasteiger partial charge in [-0.1, -0.05) is 82.2 Å². The molecule has 0 unspecified atom stereocenters. The Kier molecular flexibility index (Phi) is 21.5. The molecule has 390 valence electrons. The third-order valence-electron chi connectivity index (χ3n) is 10.7. The Morgan fingerprint density at radius 1 is 0.740 bits per heavy atom. The van der Waals surface area contributed by atoms with Gasteiger partial charge in [0.1, 0.15) is 10.3 Å². The van der Waals surface area contributed by atoms with Crippen LogP contribution in [-0.4, -0.2) is 104 Å². The van der Waals surface area contributed by atoms with Crippen molar-refractivity contribution in [2.24, 2.45) is 16.0 Å². The topological polar surface area (TPSA) is 241 Å². The minimum Gasteiger partial charge on any atom is -0.478 e. The van der Waals surface area contributed by atoms with Crippen molar-refractivity contribution in [1.29, 1.82) is 1.34 Å². The van der Waals surface area contributed by atoms with Crippen molar-refractivity contribution in [2.45, 2.75) is 60.7 Å². The molecular formula is C43H42BCl2F6IN8O9S2U. The van der Waals surface area contributed by atoms with Gasteiger partial charge in [-0.05, 0) is 93.3 Å². The molecule has 8 rings (SSSR count). The first-order valence-corrected chi connectivity index (χ1v) is 25.7. The van der Waals surface area contributed by atoms with Crippen LogP contribution in [0.4, 0.5) is 26.3 Å². The standard InChI is InChI=1S/C21H18ClF3N4O4S.C15H13ClF3N3O3.C6H7NO2S.CH3I.BH.U/c22-18-15(19(30)28-34(31,32)14-4-2-1-3-5-14)6-7-16(26-18)29-12-8-17(27-29)33-13-11-20(9-10-20)21(23,24)25;16-12-9(13(23)24)1-2-10(20-12)22-7-3-11(21-22)25-8-6-14(4-5-14)15(17,18)19;7-10(8,9)6-4-2-1-3-5-6;1-2;;/h1-8,12H,9-11,13H2,(H,28,30);1-3,7H,4-6,8H2,(H,23,24);1-5H,(H2,7,8,9);1H3;1H;/i;;;2*1D;. The van der Waals surface area contributed by atoms with E-state index in [4.69, 9.17) is 45.6 Å². The van der Waals surface area contributed by atoms with Crippen LogP contribution in [0.1, 0.15) is 60.6 Å². The zero-order chi connectivity index (χ0) is 55.1. The van der Waals surface area contributed by atoms with Crippen molar-refractivity contribution >= 4 is 86.1 Å².